The number of ether oxygens (including phenoxy) is 3. The highest BCUT2D eigenvalue weighted by atomic mass is 16.5. The summed E-state index contributed by atoms with van der Waals surface area (Å²) < 4.78 is 16.7. The van der Waals surface area contributed by atoms with Crippen molar-refractivity contribution < 1.29 is 14.2 Å². The van der Waals surface area contributed by atoms with Crippen molar-refractivity contribution in [2.75, 3.05) is 26.4 Å². The summed E-state index contributed by atoms with van der Waals surface area (Å²) in [5, 5.41) is 3.34. The van der Waals surface area contributed by atoms with Crippen molar-refractivity contribution in [1.29, 1.82) is 0 Å². The van der Waals surface area contributed by atoms with Gasteiger partial charge in [-0.15, -0.1) is 0 Å². The maximum atomic E-state index is 5.63. The molecule has 0 saturated heterocycles. The van der Waals surface area contributed by atoms with Crippen LogP contribution in [0, 0.1) is 0 Å². The molecular weight excluding hydrogens is 292 g/mol. The number of nitrogens with zero attached hydrogens (tertiary/aromatic N) is 1. The van der Waals surface area contributed by atoms with Gasteiger partial charge in [0.2, 0.25) is 5.88 Å². The second kappa shape index (κ2) is 9.69. The maximum absolute atomic E-state index is 5.63. The van der Waals surface area contributed by atoms with E-state index in [1.165, 1.54) is 0 Å². The van der Waals surface area contributed by atoms with Crippen LogP contribution in [0.15, 0.2) is 42.6 Å². The molecule has 1 aromatic carbocycles. The van der Waals surface area contributed by atoms with Crippen molar-refractivity contribution in [3.8, 4) is 17.4 Å². The molecule has 2 aromatic rings. The molecule has 0 saturated carbocycles. The zero-order chi connectivity index (χ0) is 16.3. The molecule has 0 unspecified atom stereocenters. The molecule has 0 aliphatic heterocycles. The molecule has 0 fully saturated rings. The number of hydrogen-bond acceptors (Lipinski definition) is 5. The first-order valence-corrected chi connectivity index (χ1v) is 7.96. The average molecular weight is 316 g/mol. The van der Waals surface area contributed by atoms with E-state index in [1.54, 1.807) is 6.20 Å². The number of nitrogens with one attached hydrogen (secondary N) is 1. The number of benzene rings is 1. The molecule has 0 radical (unpaired) electrons. The van der Waals surface area contributed by atoms with Gasteiger partial charge in [0.15, 0.2) is 11.5 Å². The Morgan fingerprint density at radius 2 is 1.78 bits per heavy atom. The zero-order valence-corrected chi connectivity index (χ0v) is 13.7. The fourth-order valence-electron chi connectivity index (χ4n) is 2.10. The Morgan fingerprint density at radius 1 is 0.957 bits per heavy atom. The highest BCUT2D eigenvalue weighted by Gasteiger charge is 2.06. The van der Waals surface area contributed by atoms with Gasteiger partial charge in [0.05, 0.1) is 13.2 Å². The lowest BCUT2D eigenvalue weighted by Gasteiger charge is -2.13. The Morgan fingerprint density at radius 3 is 2.52 bits per heavy atom. The minimum Gasteiger partial charge on any atom is -0.490 e. The third-order valence-electron chi connectivity index (χ3n) is 3.10. The maximum Gasteiger partial charge on any atom is 0.213 e. The van der Waals surface area contributed by atoms with Gasteiger partial charge in [-0.25, -0.2) is 4.98 Å². The Hall–Kier alpha value is -2.27. The second-order valence-corrected chi connectivity index (χ2v) is 4.84. The highest BCUT2D eigenvalue weighted by Crippen LogP contribution is 2.28. The topological polar surface area (TPSA) is 52.6 Å². The van der Waals surface area contributed by atoms with Crippen LogP contribution in [0.1, 0.15) is 19.4 Å². The molecule has 1 heterocycles. The van der Waals surface area contributed by atoms with Crippen molar-refractivity contribution >= 4 is 0 Å². The molecule has 1 N–H and O–H groups in total. The van der Waals surface area contributed by atoms with E-state index in [1.807, 2.05) is 50.2 Å². The molecule has 0 aliphatic rings. The van der Waals surface area contributed by atoms with E-state index in [4.69, 9.17) is 14.2 Å². The predicted octanol–water partition coefficient (Wildman–Crippen LogP) is 3.05. The normalized spacial score (nSPS) is 10.3. The van der Waals surface area contributed by atoms with Gasteiger partial charge in [-0.3, -0.25) is 0 Å². The van der Waals surface area contributed by atoms with E-state index in [9.17, 15) is 0 Å². The molecule has 0 aliphatic carbocycles. The monoisotopic (exact) mass is 316 g/mol. The molecule has 23 heavy (non-hydrogen) atoms. The van der Waals surface area contributed by atoms with Gasteiger partial charge in [0.25, 0.3) is 0 Å². The van der Waals surface area contributed by atoms with Crippen LogP contribution in [0.3, 0.4) is 0 Å². The quantitative estimate of drug-likeness (QED) is 0.683. The molecule has 0 amide bonds. The Labute approximate surface area is 137 Å². The largest absolute Gasteiger partial charge is 0.490 e. The smallest absolute Gasteiger partial charge is 0.213 e. The number of pyridine rings is 1. The average Bonchev–Trinajstić information content (AvgIpc) is 2.58. The van der Waals surface area contributed by atoms with Gasteiger partial charge < -0.3 is 19.5 Å². The van der Waals surface area contributed by atoms with Crippen molar-refractivity contribution in [3.05, 3.63) is 48.2 Å². The minimum atomic E-state index is 0.576. The second-order valence-electron chi connectivity index (χ2n) is 4.84. The summed E-state index contributed by atoms with van der Waals surface area (Å²) in [6.07, 6.45) is 1.72. The molecular formula is C18H24N2O3. The van der Waals surface area contributed by atoms with Crippen LogP contribution in [0.25, 0.3) is 0 Å². The van der Waals surface area contributed by atoms with Crippen LogP contribution in [0.4, 0.5) is 0 Å². The summed E-state index contributed by atoms with van der Waals surface area (Å²) in [5.41, 5.74) is 1.15. The molecule has 0 atom stereocenters. The van der Waals surface area contributed by atoms with Crippen molar-refractivity contribution in [3.63, 3.8) is 0 Å². The molecule has 2 rings (SSSR count). The van der Waals surface area contributed by atoms with Crippen molar-refractivity contribution in [2.45, 2.75) is 20.4 Å². The molecule has 5 heteroatoms. The van der Waals surface area contributed by atoms with E-state index in [0.29, 0.717) is 25.7 Å². The Kier molecular flexibility index (Phi) is 7.20. The van der Waals surface area contributed by atoms with E-state index in [0.717, 1.165) is 30.2 Å². The first-order chi connectivity index (χ1) is 11.3. The first-order valence-electron chi connectivity index (χ1n) is 7.96. The Bertz CT molecular complexity index is 576. The van der Waals surface area contributed by atoms with E-state index in [-0.39, 0.29) is 0 Å². The summed E-state index contributed by atoms with van der Waals surface area (Å²) in [4.78, 5) is 4.11. The van der Waals surface area contributed by atoms with Gasteiger partial charge >= 0.3 is 0 Å². The van der Waals surface area contributed by atoms with Crippen molar-refractivity contribution in [1.82, 2.24) is 10.3 Å². The predicted molar refractivity (Wildman–Crippen MR) is 90.2 cm³/mol. The van der Waals surface area contributed by atoms with Crippen LogP contribution in [0.2, 0.25) is 0 Å². The van der Waals surface area contributed by atoms with Crippen molar-refractivity contribution in [2.24, 2.45) is 0 Å². The summed E-state index contributed by atoms with van der Waals surface area (Å²) >= 11 is 0. The number of aromatic nitrogens is 1. The van der Waals surface area contributed by atoms with E-state index in [2.05, 4.69) is 10.3 Å². The van der Waals surface area contributed by atoms with Crippen LogP contribution in [-0.4, -0.2) is 31.3 Å². The fraction of sp³-hybridized carbons (Fsp3) is 0.389. The molecule has 1 aromatic heterocycles. The summed E-state index contributed by atoms with van der Waals surface area (Å²) in [7, 11) is 0. The lowest BCUT2D eigenvalue weighted by Crippen LogP contribution is -2.20. The van der Waals surface area contributed by atoms with Crippen LogP contribution < -0.4 is 19.5 Å². The van der Waals surface area contributed by atoms with E-state index >= 15 is 0 Å². The number of hydrogen-bond donors (Lipinski definition) is 1. The summed E-state index contributed by atoms with van der Waals surface area (Å²) in [6, 6.07) is 11.6. The standard InChI is InChI=1S/C18H24N2O3/c1-3-21-16-9-8-15(13-17(16)22-4-2)14-19-11-12-23-18-7-5-6-10-20-18/h5-10,13,19H,3-4,11-12,14H2,1-2H3. The van der Waals surface area contributed by atoms with Gasteiger partial charge in [-0.2, -0.15) is 0 Å². The third-order valence-corrected chi connectivity index (χ3v) is 3.10. The fourth-order valence-corrected chi connectivity index (χ4v) is 2.10. The highest BCUT2D eigenvalue weighted by molar-refractivity contribution is 5.43. The molecule has 124 valence electrons. The molecule has 0 bridgehead atoms. The summed E-state index contributed by atoms with van der Waals surface area (Å²) in [6.45, 7) is 7.25. The van der Waals surface area contributed by atoms with Gasteiger partial charge in [-0.1, -0.05) is 12.1 Å². The first kappa shape index (κ1) is 17.1. The lowest BCUT2D eigenvalue weighted by atomic mass is 10.2. The molecule has 5 nitrogen and oxygen atoms in total. The van der Waals surface area contributed by atoms with E-state index < -0.39 is 0 Å². The zero-order valence-electron chi connectivity index (χ0n) is 13.7. The number of rotatable bonds is 10. The Balaban J connectivity index is 1.77. The van der Waals surface area contributed by atoms with Gasteiger partial charge in [-0.05, 0) is 37.6 Å². The van der Waals surface area contributed by atoms with Gasteiger partial charge in [0, 0.05) is 25.4 Å². The van der Waals surface area contributed by atoms with Gasteiger partial charge in [0.1, 0.15) is 6.61 Å². The van der Waals surface area contributed by atoms with Crippen LogP contribution in [0.5, 0.6) is 17.4 Å². The molecule has 0 spiro atoms. The minimum absolute atomic E-state index is 0.576. The third kappa shape index (κ3) is 5.79. The SMILES string of the molecule is CCOc1ccc(CNCCOc2ccccn2)cc1OCC. The lowest BCUT2D eigenvalue weighted by molar-refractivity contribution is 0.287. The summed E-state index contributed by atoms with van der Waals surface area (Å²) in [5.74, 6) is 2.23. The van der Waals surface area contributed by atoms with Crippen LogP contribution >= 0.6 is 0 Å². The van der Waals surface area contributed by atoms with Crippen LogP contribution in [-0.2, 0) is 6.54 Å².